The second-order valence-corrected chi connectivity index (χ2v) is 5.98. The highest BCUT2D eigenvalue weighted by atomic mass is 79.9. The van der Waals surface area contributed by atoms with Crippen LogP contribution in [-0.2, 0) is 0 Å². The van der Waals surface area contributed by atoms with Gasteiger partial charge in [-0.25, -0.2) is 4.39 Å². The molecule has 0 aliphatic rings. The van der Waals surface area contributed by atoms with Crippen LogP contribution in [-0.4, -0.2) is 5.91 Å². The largest absolute Gasteiger partial charge is 0.322 e. The summed E-state index contributed by atoms with van der Waals surface area (Å²) in [5.41, 5.74) is 0.851. The average molecular weight is 335 g/mol. The third kappa shape index (κ3) is 3.28. The molecule has 0 fully saturated rings. The molecule has 0 atom stereocenters. The second kappa shape index (κ2) is 5.16. The van der Waals surface area contributed by atoms with E-state index in [1.807, 2.05) is 0 Å². The fourth-order valence-electron chi connectivity index (χ4n) is 1.26. The van der Waals surface area contributed by atoms with Gasteiger partial charge < -0.3 is 5.32 Å². The quantitative estimate of drug-likeness (QED) is 0.857. The molecule has 0 spiro atoms. The third-order valence-electron chi connectivity index (χ3n) is 1.95. The van der Waals surface area contributed by atoms with Crippen molar-refractivity contribution in [3.63, 3.8) is 0 Å². The van der Waals surface area contributed by atoms with E-state index < -0.39 is 5.82 Å². The van der Waals surface area contributed by atoms with Gasteiger partial charge in [0.1, 0.15) is 5.82 Å². The number of hydrogen-bond donors (Lipinski definition) is 1. The van der Waals surface area contributed by atoms with Crippen LogP contribution >= 0.6 is 38.9 Å². The summed E-state index contributed by atoms with van der Waals surface area (Å²) >= 11 is 10.4. The van der Waals surface area contributed by atoms with Gasteiger partial charge in [0.2, 0.25) is 0 Å². The molecule has 0 saturated heterocycles. The molecule has 88 valence electrons. The lowest BCUT2D eigenvalue weighted by Gasteiger charge is -2.04. The second-order valence-electron chi connectivity index (χ2n) is 3.25. The summed E-state index contributed by atoms with van der Waals surface area (Å²) in [6.07, 6.45) is 0. The molecule has 2 rings (SSSR count). The number of hydrogen-bond acceptors (Lipinski definition) is 2. The first-order valence-electron chi connectivity index (χ1n) is 4.56. The molecule has 1 amide bonds. The number of halogens is 3. The lowest BCUT2D eigenvalue weighted by molar-refractivity contribution is 0.102. The molecule has 0 aliphatic heterocycles. The predicted octanol–water partition coefficient (Wildman–Crippen LogP) is 4.56. The Morgan fingerprint density at radius 1 is 1.35 bits per heavy atom. The predicted molar refractivity (Wildman–Crippen MR) is 71.4 cm³/mol. The van der Waals surface area contributed by atoms with Crippen LogP contribution in [0, 0.1) is 5.82 Å². The maximum Gasteiger partial charge on any atom is 0.256 e. The Bertz CT molecular complexity index is 552. The first-order valence-corrected chi connectivity index (χ1v) is 6.61. The highest BCUT2D eigenvalue weighted by molar-refractivity contribution is 9.11. The van der Waals surface area contributed by atoms with E-state index in [2.05, 4.69) is 21.2 Å². The molecule has 2 aromatic rings. The molecule has 1 aromatic heterocycles. The molecule has 6 heteroatoms. The van der Waals surface area contributed by atoms with Crippen molar-refractivity contribution in [3.05, 3.63) is 49.8 Å². The molecule has 0 aliphatic carbocycles. The van der Waals surface area contributed by atoms with Crippen molar-refractivity contribution in [2.75, 3.05) is 5.32 Å². The molecule has 2 nitrogen and oxygen atoms in total. The highest BCUT2D eigenvalue weighted by Crippen LogP contribution is 2.23. The van der Waals surface area contributed by atoms with Crippen molar-refractivity contribution in [2.24, 2.45) is 0 Å². The Kier molecular flexibility index (Phi) is 3.81. The first kappa shape index (κ1) is 12.5. The van der Waals surface area contributed by atoms with Gasteiger partial charge in [0, 0.05) is 16.1 Å². The highest BCUT2D eigenvalue weighted by Gasteiger charge is 2.09. The van der Waals surface area contributed by atoms with Gasteiger partial charge in [-0.1, -0.05) is 11.6 Å². The monoisotopic (exact) mass is 333 g/mol. The fourth-order valence-corrected chi connectivity index (χ4v) is 2.62. The maximum atomic E-state index is 13.0. The summed E-state index contributed by atoms with van der Waals surface area (Å²) < 4.78 is 13.9. The van der Waals surface area contributed by atoms with Gasteiger partial charge in [0.25, 0.3) is 5.91 Å². The van der Waals surface area contributed by atoms with Crippen molar-refractivity contribution in [1.82, 2.24) is 0 Å². The van der Waals surface area contributed by atoms with Crippen LogP contribution in [0.15, 0.2) is 33.4 Å². The van der Waals surface area contributed by atoms with E-state index in [4.69, 9.17) is 11.6 Å². The molecule has 0 bridgehead atoms. The minimum atomic E-state index is -0.487. The summed E-state index contributed by atoms with van der Waals surface area (Å²) in [4.78, 5) is 11.8. The van der Waals surface area contributed by atoms with Crippen molar-refractivity contribution in [1.29, 1.82) is 0 Å². The zero-order valence-corrected chi connectivity index (χ0v) is 11.5. The number of rotatable bonds is 2. The summed E-state index contributed by atoms with van der Waals surface area (Å²) in [7, 11) is 0. The lowest BCUT2D eigenvalue weighted by Crippen LogP contribution is -2.10. The Labute approximate surface area is 115 Å². The number of thiophene rings is 1. The number of carbonyl (C=O) groups is 1. The molecule has 1 heterocycles. The fraction of sp³-hybridized carbons (Fsp3) is 0. The van der Waals surface area contributed by atoms with Gasteiger partial charge in [-0.05, 0) is 40.2 Å². The topological polar surface area (TPSA) is 29.1 Å². The Hall–Kier alpha value is -0.910. The van der Waals surface area contributed by atoms with E-state index >= 15 is 0 Å². The van der Waals surface area contributed by atoms with Gasteiger partial charge in [0.15, 0.2) is 0 Å². The minimum absolute atomic E-state index is 0.242. The Morgan fingerprint density at radius 2 is 2.12 bits per heavy atom. The normalized spacial score (nSPS) is 10.3. The van der Waals surface area contributed by atoms with Gasteiger partial charge in [-0.3, -0.25) is 4.79 Å². The minimum Gasteiger partial charge on any atom is -0.322 e. The first-order chi connectivity index (χ1) is 8.04. The van der Waals surface area contributed by atoms with Crippen molar-refractivity contribution < 1.29 is 9.18 Å². The van der Waals surface area contributed by atoms with Gasteiger partial charge in [-0.15, -0.1) is 11.3 Å². The SMILES string of the molecule is O=C(Nc1cc(F)cc(Cl)c1)c1csc(Br)c1. The summed E-state index contributed by atoms with van der Waals surface area (Å²) in [6.45, 7) is 0. The molecular formula is C11H6BrClFNOS. The zero-order chi connectivity index (χ0) is 12.4. The number of carbonyl (C=O) groups excluding carboxylic acids is 1. The molecule has 17 heavy (non-hydrogen) atoms. The van der Waals surface area contributed by atoms with Crippen molar-refractivity contribution in [2.45, 2.75) is 0 Å². The third-order valence-corrected chi connectivity index (χ3v) is 3.67. The molecule has 0 radical (unpaired) electrons. The molecule has 0 saturated carbocycles. The molecule has 1 N–H and O–H groups in total. The van der Waals surface area contributed by atoms with Crippen LogP contribution in [0.5, 0.6) is 0 Å². The van der Waals surface area contributed by atoms with E-state index in [9.17, 15) is 9.18 Å². The zero-order valence-electron chi connectivity index (χ0n) is 8.34. The van der Waals surface area contributed by atoms with E-state index in [0.29, 0.717) is 11.3 Å². The van der Waals surface area contributed by atoms with E-state index in [1.165, 1.54) is 29.5 Å². The van der Waals surface area contributed by atoms with Crippen LogP contribution in [0.1, 0.15) is 10.4 Å². The maximum absolute atomic E-state index is 13.0. The van der Waals surface area contributed by atoms with Crippen LogP contribution in [0.25, 0.3) is 0 Å². The Balaban J connectivity index is 2.18. The Morgan fingerprint density at radius 3 is 2.71 bits per heavy atom. The molecule has 1 aromatic carbocycles. The van der Waals surface area contributed by atoms with Crippen molar-refractivity contribution >= 4 is 50.5 Å². The number of amides is 1. The number of benzene rings is 1. The number of anilines is 1. The van der Waals surface area contributed by atoms with E-state index in [-0.39, 0.29) is 10.9 Å². The molecule has 0 unspecified atom stereocenters. The van der Waals surface area contributed by atoms with E-state index in [0.717, 1.165) is 3.79 Å². The standard InChI is InChI=1S/C11H6BrClFNOS/c12-10-1-6(5-17-10)11(16)15-9-3-7(13)2-8(14)4-9/h1-5H,(H,15,16). The summed E-state index contributed by atoms with van der Waals surface area (Å²) in [5.74, 6) is -0.784. The molecular weight excluding hydrogens is 329 g/mol. The summed E-state index contributed by atoms with van der Waals surface area (Å²) in [6, 6.07) is 5.58. The summed E-state index contributed by atoms with van der Waals surface area (Å²) in [5, 5.41) is 4.53. The van der Waals surface area contributed by atoms with Gasteiger partial charge in [-0.2, -0.15) is 0 Å². The lowest BCUT2D eigenvalue weighted by atomic mass is 10.2. The van der Waals surface area contributed by atoms with Crippen LogP contribution in [0.3, 0.4) is 0 Å². The van der Waals surface area contributed by atoms with Gasteiger partial charge >= 0.3 is 0 Å². The van der Waals surface area contributed by atoms with E-state index in [1.54, 1.807) is 11.4 Å². The average Bonchev–Trinajstić information content (AvgIpc) is 2.63. The number of nitrogens with one attached hydrogen (secondary N) is 1. The van der Waals surface area contributed by atoms with Crippen LogP contribution in [0.2, 0.25) is 5.02 Å². The smallest absolute Gasteiger partial charge is 0.256 e. The van der Waals surface area contributed by atoms with Gasteiger partial charge in [0.05, 0.1) is 9.35 Å². The van der Waals surface area contributed by atoms with Crippen molar-refractivity contribution in [3.8, 4) is 0 Å². The van der Waals surface area contributed by atoms with Crippen LogP contribution < -0.4 is 5.32 Å². The van der Waals surface area contributed by atoms with Crippen LogP contribution in [0.4, 0.5) is 10.1 Å².